The Kier molecular flexibility index (Phi) is 2.86. The number of aliphatic hydroxyl groups excluding tert-OH is 1. The number of aliphatic hydroxyl groups is 1. The summed E-state index contributed by atoms with van der Waals surface area (Å²) in [6.07, 6.45) is 0. The van der Waals surface area contributed by atoms with Crippen molar-refractivity contribution in [2.75, 3.05) is 6.61 Å². The molecule has 76 valence electrons. The van der Waals surface area contributed by atoms with Crippen LogP contribution in [0.15, 0.2) is 18.2 Å². The highest BCUT2D eigenvalue weighted by atomic mass is 16.3. The Bertz CT molecular complexity index is 348. The van der Waals surface area contributed by atoms with Crippen LogP contribution >= 0.6 is 0 Å². The molecule has 3 N–H and O–H groups in total. The molecule has 0 aromatic carbocycles. The first-order valence-electron chi connectivity index (χ1n) is 4.35. The van der Waals surface area contributed by atoms with Gasteiger partial charge in [0.1, 0.15) is 5.69 Å². The highest BCUT2D eigenvalue weighted by Gasteiger charge is 2.21. The Morgan fingerprint density at radius 2 is 2.21 bits per heavy atom. The SMILES string of the molecule is CC(C)(CO)c1cccc(C(N)=O)n1. The monoisotopic (exact) mass is 194 g/mol. The lowest BCUT2D eigenvalue weighted by Gasteiger charge is -2.20. The number of nitrogens with two attached hydrogens (primary N) is 1. The zero-order chi connectivity index (χ0) is 10.8. The van der Waals surface area contributed by atoms with Gasteiger partial charge in [-0.1, -0.05) is 19.9 Å². The van der Waals surface area contributed by atoms with Crippen molar-refractivity contribution in [3.8, 4) is 0 Å². The van der Waals surface area contributed by atoms with Crippen LogP contribution in [0.25, 0.3) is 0 Å². The Morgan fingerprint density at radius 3 is 2.71 bits per heavy atom. The zero-order valence-electron chi connectivity index (χ0n) is 8.32. The lowest BCUT2D eigenvalue weighted by Crippen LogP contribution is -2.25. The number of hydrogen-bond donors (Lipinski definition) is 2. The van der Waals surface area contributed by atoms with E-state index < -0.39 is 11.3 Å². The number of amides is 1. The molecule has 1 aromatic heterocycles. The zero-order valence-corrected chi connectivity index (χ0v) is 8.32. The Labute approximate surface area is 82.8 Å². The van der Waals surface area contributed by atoms with Gasteiger partial charge in [0.2, 0.25) is 0 Å². The molecule has 0 aliphatic heterocycles. The second-order valence-electron chi connectivity index (χ2n) is 3.81. The van der Waals surface area contributed by atoms with Gasteiger partial charge in [0.25, 0.3) is 5.91 Å². The summed E-state index contributed by atoms with van der Waals surface area (Å²) < 4.78 is 0. The first-order valence-corrected chi connectivity index (χ1v) is 4.35. The molecule has 0 radical (unpaired) electrons. The Hall–Kier alpha value is -1.42. The molecule has 4 nitrogen and oxygen atoms in total. The molecular weight excluding hydrogens is 180 g/mol. The second-order valence-corrected chi connectivity index (χ2v) is 3.81. The molecule has 0 unspecified atom stereocenters. The van der Waals surface area contributed by atoms with Crippen molar-refractivity contribution >= 4 is 5.91 Å². The van der Waals surface area contributed by atoms with Crippen LogP contribution in [-0.2, 0) is 5.41 Å². The average Bonchev–Trinajstić information content (AvgIpc) is 2.18. The number of carbonyl (C=O) groups is 1. The molecule has 0 saturated carbocycles. The number of aromatic nitrogens is 1. The second kappa shape index (κ2) is 3.75. The summed E-state index contributed by atoms with van der Waals surface area (Å²) in [6, 6.07) is 5.03. The molecule has 0 saturated heterocycles. The number of primary amides is 1. The van der Waals surface area contributed by atoms with Crippen LogP contribution in [0, 0.1) is 0 Å². The largest absolute Gasteiger partial charge is 0.395 e. The fourth-order valence-electron chi connectivity index (χ4n) is 1.03. The third-order valence-electron chi connectivity index (χ3n) is 2.09. The molecule has 0 spiro atoms. The summed E-state index contributed by atoms with van der Waals surface area (Å²) in [7, 11) is 0. The van der Waals surface area contributed by atoms with Crippen LogP contribution in [0.3, 0.4) is 0 Å². The Morgan fingerprint density at radius 1 is 1.57 bits per heavy atom. The van der Waals surface area contributed by atoms with Gasteiger partial charge in [0, 0.05) is 11.1 Å². The van der Waals surface area contributed by atoms with E-state index in [4.69, 9.17) is 10.8 Å². The summed E-state index contributed by atoms with van der Waals surface area (Å²) >= 11 is 0. The van der Waals surface area contributed by atoms with E-state index in [1.807, 2.05) is 13.8 Å². The normalized spacial score (nSPS) is 11.4. The van der Waals surface area contributed by atoms with Gasteiger partial charge in [-0.3, -0.25) is 4.79 Å². The van der Waals surface area contributed by atoms with Gasteiger partial charge in [-0.25, -0.2) is 4.98 Å². The molecule has 1 aromatic rings. The maximum absolute atomic E-state index is 10.9. The maximum Gasteiger partial charge on any atom is 0.267 e. The van der Waals surface area contributed by atoms with Crippen LogP contribution in [0.2, 0.25) is 0 Å². The predicted octanol–water partition coefficient (Wildman–Crippen LogP) is 0.450. The van der Waals surface area contributed by atoms with Crippen LogP contribution in [0.1, 0.15) is 30.0 Å². The minimum atomic E-state index is -0.555. The van der Waals surface area contributed by atoms with E-state index in [1.54, 1.807) is 18.2 Å². The quantitative estimate of drug-likeness (QED) is 0.733. The summed E-state index contributed by atoms with van der Waals surface area (Å²) in [5.74, 6) is -0.555. The van der Waals surface area contributed by atoms with E-state index >= 15 is 0 Å². The predicted molar refractivity (Wildman–Crippen MR) is 52.9 cm³/mol. The molecule has 14 heavy (non-hydrogen) atoms. The third-order valence-corrected chi connectivity index (χ3v) is 2.09. The minimum absolute atomic E-state index is 0.0256. The van der Waals surface area contributed by atoms with E-state index in [9.17, 15) is 4.79 Å². The average molecular weight is 194 g/mol. The minimum Gasteiger partial charge on any atom is -0.395 e. The van der Waals surface area contributed by atoms with Crippen molar-refractivity contribution in [1.29, 1.82) is 0 Å². The van der Waals surface area contributed by atoms with Gasteiger partial charge in [0.05, 0.1) is 6.61 Å². The fraction of sp³-hybridized carbons (Fsp3) is 0.400. The van der Waals surface area contributed by atoms with Crippen LogP contribution in [0.4, 0.5) is 0 Å². The molecule has 0 fully saturated rings. The molecule has 0 bridgehead atoms. The highest BCUT2D eigenvalue weighted by molar-refractivity contribution is 5.90. The van der Waals surface area contributed by atoms with Crippen molar-refractivity contribution < 1.29 is 9.90 Å². The van der Waals surface area contributed by atoms with Crippen molar-refractivity contribution in [2.24, 2.45) is 5.73 Å². The molecule has 0 atom stereocenters. The number of hydrogen-bond acceptors (Lipinski definition) is 3. The lowest BCUT2D eigenvalue weighted by molar-refractivity contribution is 0.0994. The standard InChI is InChI=1S/C10H14N2O2/c1-10(2,6-13)8-5-3-4-7(12-8)9(11)14/h3-5,13H,6H2,1-2H3,(H2,11,14). The third kappa shape index (κ3) is 2.09. The molecule has 4 heteroatoms. The smallest absolute Gasteiger partial charge is 0.267 e. The summed E-state index contributed by atoms with van der Waals surface area (Å²) in [6.45, 7) is 3.67. The van der Waals surface area contributed by atoms with Crippen LogP contribution in [0.5, 0.6) is 0 Å². The van der Waals surface area contributed by atoms with E-state index in [0.29, 0.717) is 5.69 Å². The summed E-state index contributed by atoms with van der Waals surface area (Å²) in [5, 5.41) is 9.12. The maximum atomic E-state index is 10.9. The molecule has 0 aliphatic rings. The van der Waals surface area contributed by atoms with Gasteiger partial charge in [0.15, 0.2) is 0 Å². The van der Waals surface area contributed by atoms with Gasteiger partial charge in [-0.05, 0) is 12.1 Å². The number of pyridine rings is 1. The summed E-state index contributed by atoms with van der Waals surface area (Å²) in [4.78, 5) is 14.9. The number of nitrogens with zero attached hydrogens (tertiary/aromatic N) is 1. The first-order chi connectivity index (χ1) is 6.47. The van der Waals surface area contributed by atoms with Crippen molar-refractivity contribution in [3.05, 3.63) is 29.6 Å². The van der Waals surface area contributed by atoms with Crippen LogP contribution < -0.4 is 5.73 Å². The van der Waals surface area contributed by atoms with Gasteiger partial charge in [-0.2, -0.15) is 0 Å². The molecule has 0 aliphatic carbocycles. The molecule has 1 amide bonds. The van der Waals surface area contributed by atoms with E-state index in [0.717, 1.165) is 0 Å². The topological polar surface area (TPSA) is 76.2 Å². The molecular formula is C10H14N2O2. The van der Waals surface area contributed by atoms with Gasteiger partial charge in [-0.15, -0.1) is 0 Å². The highest BCUT2D eigenvalue weighted by Crippen LogP contribution is 2.20. The Balaban J connectivity index is 3.12. The van der Waals surface area contributed by atoms with E-state index in [-0.39, 0.29) is 12.3 Å². The van der Waals surface area contributed by atoms with Crippen LogP contribution in [-0.4, -0.2) is 22.6 Å². The molecule has 1 heterocycles. The van der Waals surface area contributed by atoms with E-state index in [2.05, 4.69) is 4.98 Å². The van der Waals surface area contributed by atoms with Gasteiger partial charge < -0.3 is 10.8 Å². The number of rotatable bonds is 3. The van der Waals surface area contributed by atoms with E-state index in [1.165, 1.54) is 0 Å². The molecule has 1 rings (SSSR count). The van der Waals surface area contributed by atoms with Crippen molar-refractivity contribution in [3.63, 3.8) is 0 Å². The fourth-order valence-corrected chi connectivity index (χ4v) is 1.03. The van der Waals surface area contributed by atoms with Crippen molar-refractivity contribution in [1.82, 2.24) is 4.98 Å². The van der Waals surface area contributed by atoms with Gasteiger partial charge >= 0.3 is 0 Å². The summed E-state index contributed by atoms with van der Waals surface area (Å²) in [5.41, 5.74) is 5.54. The van der Waals surface area contributed by atoms with Crippen molar-refractivity contribution in [2.45, 2.75) is 19.3 Å². The first kappa shape index (κ1) is 10.7. The number of carbonyl (C=O) groups excluding carboxylic acids is 1. The lowest BCUT2D eigenvalue weighted by atomic mass is 9.90.